The molecule has 0 bridgehead atoms. The van der Waals surface area contributed by atoms with E-state index in [0.717, 1.165) is 35.3 Å². The fraction of sp³-hybridized carbons (Fsp3) is 0.667. The van der Waals surface area contributed by atoms with Gasteiger partial charge in [0, 0.05) is 13.1 Å². The van der Waals surface area contributed by atoms with E-state index in [1.807, 2.05) is 6.07 Å². The summed E-state index contributed by atoms with van der Waals surface area (Å²) in [6.07, 6.45) is 2.43. The highest BCUT2D eigenvalue weighted by Gasteiger charge is 2.10. The van der Waals surface area contributed by atoms with Crippen LogP contribution in [-0.4, -0.2) is 18.1 Å². The number of pyridine rings is 1. The smallest absolute Gasteiger partial charge is 0.129 e. The van der Waals surface area contributed by atoms with Crippen molar-refractivity contribution in [3.63, 3.8) is 0 Å². The molecule has 1 aromatic heterocycles. The number of hydrogen-bond acceptors (Lipinski definition) is 2. The molecule has 0 saturated heterocycles. The van der Waals surface area contributed by atoms with Gasteiger partial charge < -0.3 is 4.90 Å². The second-order valence-corrected chi connectivity index (χ2v) is 6.48. The first-order chi connectivity index (χ1) is 8.49. The fourth-order valence-electron chi connectivity index (χ4n) is 1.74. The van der Waals surface area contributed by atoms with E-state index in [-0.39, 0.29) is 0 Å². The molecule has 0 atom stereocenters. The molecule has 1 aromatic rings. The Labute approximate surface area is 120 Å². The third-order valence-corrected chi connectivity index (χ3v) is 3.42. The topological polar surface area (TPSA) is 16.1 Å². The van der Waals surface area contributed by atoms with Crippen LogP contribution in [0.4, 0.5) is 5.82 Å². The average molecular weight is 313 g/mol. The van der Waals surface area contributed by atoms with Crippen LogP contribution in [0.2, 0.25) is 0 Å². The van der Waals surface area contributed by atoms with Crippen LogP contribution in [0.25, 0.3) is 0 Å². The molecule has 0 fully saturated rings. The third-order valence-electron chi connectivity index (χ3n) is 2.98. The lowest BCUT2D eigenvalue weighted by atomic mass is 10.1. The zero-order valence-electron chi connectivity index (χ0n) is 12.0. The lowest BCUT2D eigenvalue weighted by Gasteiger charge is -2.25. The third kappa shape index (κ3) is 5.85. The van der Waals surface area contributed by atoms with Crippen LogP contribution in [0.5, 0.6) is 0 Å². The van der Waals surface area contributed by atoms with Gasteiger partial charge in [0.15, 0.2) is 0 Å². The van der Waals surface area contributed by atoms with Gasteiger partial charge in [-0.05, 0) is 52.7 Å². The Hall–Kier alpha value is -0.570. The van der Waals surface area contributed by atoms with Crippen molar-refractivity contribution in [2.45, 2.75) is 40.5 Å². The van der Waals surface area contributed by atoms with Crippen LogP contribution >= 0.6 is 15.9 Å². The van der Waals surface area contributed by atoms with Gasteiger partial charge in [0.2, 0.25) is 0 Å². The van der Waals surface area contributed by atoms with Gasteiger partial charge in [-0.3, -0.25) is 0 Å². The van der Waals surface area contributed by atoms with E-state index in [1.54, 1.807) is 0 Å². The SMILES string of the molecule is CC(C)CCN(CCC(C)C)c1cccc(Br)n1. The van der Waals surface area contributed by atoms with Gasteiger partial charge in [-0.2, -0.15) is 0 Å². The number of aromatic nitrogens is 1. The van der Waals surface area contributed by atoms with Gasteiger partial charge >= 0.3 is 0 Å². The van der Waals surface area contributed by atoms with Crippen LogP contribution in [0.15, 0.2) is 22.8 Å². The highest BCUT2D eigenvalue weighted by atomic mass is 79.9. The maximum Gasteiger partial charge on any atom is 0.129 e. The summed E-state index contributed by atoms with van der Waals surface area (Å²) in [5.74, 6) is 2.56. The van der Waals surface area contributed by atoms with Crippen molar-refractivity contribution in [1.29, 1.82) is 0 Å². The van der Waals surface area contributed by atoms with Gasteiger partial charge in [0.1, 0.15) is 10.4 Å². The van der Waals surface area contributed by atoms with Crippen molar-refractivity contribution in [3.8, 4) is 0 Å². The summed E-state index contributed by atoms with van der Waals surface area (Å²) in [5.41, 5.74) is 0. The minimum Gasteiger partial charge on any atom is -0.357 e. The van der Waals surface area contributed by atoms with E-state index in [0.29, 0.717) is 0 Å². The maximum atomic E-state index is 4.57. The Morgan fingerprint density at radius 1 is 1.06 bits per heavy atom. The van der Waals surface area contributed by atoms with Gasteiger partial charge in [0.05, 0.1) is 0 Å². The van der Waals surface area contributed by atoms with Crippen molar-refractivity contribution < 1.29 is 0 Å². The Balaban J connectivity index is 2.69. The van der Waals surface area contributed by atoms with E-state index in [4.69, 9.17) is 0 Å². The van der Waals surface area contributed by atoms with Crippen molar-refractivity contribution in [2.75, 3.05) is 18.0 Å². The van der Waals surface area contributed by atoms with Crippen LogP contribution in [0.3, 0.4) is 0 Å². The quantitative estimate of drug-likeness (QED) is 0.676. The van der Waals surface area contributed by atoms with E-state index < -0.39 is 0 Å². The molecule has 0 unspecified atom stereocenters. The molecule has 0 amide bonds. The molecule has 102 valence electrons. The summed E-state index contributed by atoms with van der Waals surface area (Å²) in [4.78, 5) is 6.98. The van der Waals surface area contributed by atoms with Gasteiger partial charge in [-0.1, -0.05) is 33.8 Å². The number of halogens is 1. The van der Waals surface area contributed by atoms with Crippen LogP contribution in [0, 0.1) is 11.8 Å². The first-order valence-electron chi connectivity index (χ1n) is 6.86. The van der Waals surface area contributed by atoms with E-state index in [1.165, 1.54) is 12.8 Å². The normalized spacial score (nSPS) is 11.3. The zero-order chi connectivity index (χ0) is 13.5. The lowest BCUT2D eigenvalue weighted by molar-refractivity contribution is 0.533. The number of rotatable bonds is 7. The molecule has 0 N–H and O–H groups in total. The summed E-state index contributed by atoms with van der Waals surface area (Å²) in [6, 6.07) is 6.14. The second-order valence-electron chi connectivity index (χ2n) is 5.67. The van der Waals surface area contributed by atoms with Crippen molar-refractivity contribution in [3.05, 3.63) is 22.8 Å². The Kier molecular flexibility index (Phi) is 6.69. The second kappa shape index (κ2) is 7.78. The number of nitrogens with zero attached hydrogens (tertiary/aromatic N) is 2. The van der Waals surface area contributed by atoms with Crippen LogP contribution in [-0.2, 0) is 0 Å². The van der Waals surface area contributed by atoms with Crippen molar-refractivity contribution in [2.24, 2.45) is 11.8 Å². The summed E-state index contributed by atoms with van der Waals surface area (Å²) in [7, 11) is 0. The van der Waals surface area contributed by atoms with Gasteiger partial charge in [-0.15, -0.1) is 0 Å². The molecule has 0 saturated carbocycles. The highest BCUT2D eigenvalue weighted by molar-refractivity contribution is 9.10. The fourth-order valence-corrected chi connectivity index (χ4v) is 2.08. The Bertz CT molecular complexity index is 338. The molecule has 0 spiro atoms. The van der Waals surface area contributed by atoms with E-state index in [9.17, 15) is 0 Å². The predicted octanol–water partition coefficient (Wildman–Crippen LogP) is 4.74. The average Bonchev–Trinajstić information content (AvgIpc) is 2.28. The van der Waals surface area contributed by atoms with Gasteiger partial charge in [0.25, 0.3) is 0 Å². The predicted molar refractivity (Wildman–Crippen MR) is 83.1 cm³/mol. The first kappa shape index (κ1) is 15.5. The molecule has 0 aliphatic rings. The van der Waals surface area contributed by atoms with Gasteiger partial charge in [-0.25, -0.2) is 4.98 Å². The van der Waals surface area contributed by atoms with Crippen molar-refractivity contribution >= 4 is 21.7 Å². The minimum atomic E-state index is 0.735. The summed E-state index contributed by atoms with van der Waals surface area (Å²) in [5, 5.41) is 0. The molecule has 0 aliphatic heterocycles. The molecule has 3 heteroatoms. The number of hydrogen-bond donors (Lipinski definition) is 0. The van der Waals surface area contributed by atoms with E-state index in [2.05, 4.69) is 65.6 Å². The molecule has 1 rings (SSSR count). The summed E-state index contributed by atoms with van der Waals surface area (Å²) < 4.78 is 0.916. The molecule has 2 nitrogen and oxygen atoms in total. The maximum absolute atomic E-state index is 4.57. The first-order valence-corrected chi connectivity index (χ1v) is 7.66. The van der Waals surface area contributed by atoms with Crippen LogP contribution in [0.1, 0.15) is 40.5 Å². The largest absolute Gasteiger partial charge is 0.357 e. The molecule has 0 aromatic carbocycles. The zero-order valence-corrected chi connectivity index (χ0v) is 13.6. The standard InChI is InChI=1S/C15H25BrN2/c1-12(2)8-10-18(11-9-13(3)4)15-7-5-6-14(16)17-15/h5-7,12-13H,8-11H2,1-4H3. The Morgan fingerprint density at radius 2 is 1.61 bits per heavy atom. The highest BCUT2D eigenvalue weighted by Crippen LogP contribution is 2.17. The molecular formula is C15H25BrN2. The summed E-state index contributed by atoms with van der Waals surface area (Å²) >= 11 is 3.45. The Morgan fingerprint density at radius 3 is 2.06 bits per heavy atom. The van der Waals surface area contributed by atoms with Crippen molar-refractivity contribution in [1.82, 2.24) is 4.98 Å². The molecule has 18 heavy (non-hydrogen) atoms. The minimum absolute atomic E-state index is 0.735. The monoisotopic (exact) mass is 312 g/mol. The lowest BCUT2D eigenvalue weighted by Crippen LogP contribution is -2.28. The molecular weight excluding hydrogens is 288 g/mol. The molecule has 0 radical (unpaired) electrons. The number of anilines is 1. The van der Waals surface area contributed by atoms with E-state index >= 15 is 0 Å². The molecule has 0 aliphatic carbocycles. The van der Waals surface area contributed by atoms with Crippen LogP contribution < -0.4 is 4.90 Å². The molecule has 1 heterocycles. The summed E-state index contributed by atoms with van der Waals surface area (Å²) in [6.45, 7) is 11.3.